The van der Waals surface area contributed by atoms with Gasteiger partial charge in [-0.2, -0.15) is 0 Å². The van der Waals surface area contributed by atoms with Crippen LogP contribution in [0, 0.1) is 0 Å². The molecule has 124 valence electrons. The van der Waals surface area contributed by atoms with Crippen LogP contribution < -0.4 is 5.32 Å². The fourth-order valence-corrected chi connectivity index (χ4v) is 1.81. The van der Waals surface area contributed by atoms with E-state index in [1.54, 1.807) is 24.3 Å². The van der Waals surface area contributed by atoms with E-state index < -0.39 is 11.9 Å². The zero-order valence-electron chi connectivity index (χ0n) is 12.5. The van der Waals surface area contributed by atoms with Crippen LogP contribution in [0.3, 0.4) is 0 Å². The Labute approximate surface area is 138 Å². The first-order valence-electron chi connectivity index (χ1n) is 6.99. The van der Waals surface area contributed by atoms with Crippen molar-refractivity contribution in [3.8, 4) is 0 Å². The number of nitrogens with one attached hydrogen (secondary N) is 1. The quantitative estimate of drug-likeness (QED) is 0.543. The molecule has 0 spiro atoms. The predicted octanol–water partition coefficient (Wildman–Crippen LogP) is 2.38. The summed E-state index contributed by atoms with van der Waals surface area (Å²) in [6.45, 7) is 1.91. The summed E-state index contributed by atoms with van der Waals surface area (Å²) in [6, 6.07) is 7.50. The smallest absolute Gasteiger partial charge is 0.328 e. The van der Waals surface area contributed by atoms with Crippen LogP contribution in [0.5, 0.6) is 0 Å². The Balaban J connectivity index is 0.000000284. The molecule has 3 N–H and O–H groups in total. The fraction of sp³-hybridized carbons (Fsp3) is 0.312. The van der Waals surface area contributed by atoms with Gasteiger partial charge in [0, 0.05) is 28.8 Å². The maximum absolute atomic E-state index is 11.9. The lowest BCUT2D eigenvalue weighted by atomic mass is 10.1. The normalized spacial score (nSPS) is 14.7. The molecule has 1 unspecified atom stereocenters. The minimum absolute atomic E-state index is 0.0984. The highest BCUT2D eigenvalue weighted by atomic mass is 35.5. The maximum Gasteiger partial charge on any atom is 0.328 e. The lowest BCUT2D eigenvalue weighted by Gasteiger charge is -2.11. The van der Waals surface area contributed by atoms with Crippen molar-refractivity contribution in [3.63, 3.8) is 0 Å². The number of hydrogen-bond acceptors (Lipinski definition) is 4. The predicted molar refractivity (Wildman–Crippen MR) is 85.8 cm³/mol. The number of carboxylic acids is 2. The van der Waals surface area contributed by atoms with Gasteiger partial charge in [-0.3, -0.25) is 4.79 Å². The lowest BCUT2D eigenvalue weighted by Crippen LogP contribution is -2.35. The summed E-state index contributed by atoms with van der Waals surface area (Å²) in [4.78, 5) is 31.0. The zero-order valence-corrected chi connectivity index (χ0v) is 13.3. The van der Waals surface area contributed by atoms with E-state index in [2.05, 4.69) is 5.32 Å². The zero-order chi connectivity index (χ0) is 17.4. The summed E-state index contributed by atoms with van der Waals surface area (Å²) >= 11 is 5.76. The number of rotatable bonds is 6. The van der Waals surface area contributed by atoms with Gasteiger partial charge in [-0.05, 0) is 44.0 Å². The second-order valence-corrected chi connectivity index (χ2v) is 5.48. The van der Waals surface area contributed by atoms with Crippen molar-refractivity contribution in [2.24, 2.45) is 0 Å². The number of hydrogen-bond donors (Lipinski definition) is 3. The summed E-state index contributed by atoms with van der Waals surface area (Å²) in [7, 11) is 0. The van der Waals surface area contributed by atoms with E-state index in [1.807, 2.05) is 6.92 Å². The van der Waals surface area contributed by atoms with Gasteiger partial charge in [0.25, 0.3) is 0 Å². The van der Waals surface area contributed by atoms with E-state index in [0.717, 1.165) is 5.56 Å². The molecule has 1 atom stereocenters. The molecule has 0 aromatic heterocycles. The van der Waals surface area contributed by atoms with Crippen molar-refractivity contribution in [1.82, 2.24) is 5.32 Å². The van der Waals surface area contributed by atoms with Crippen LogP contribution in [0.1, 0.15) is 30.1 Å². The third-order valence-electron chi connectivity index (χ3n) is 2.95. The number of Topliss-reactive ketones (excluding diaryl/α,β-unsaturated/α-hetero) is 1. The first-order chi connectivity index (χ1) is 10.8. The van der Waals surface area contributed by atoms with Crippen molar-refractivity contribution in [2.45, 2.75) is 31.8 Å². The Bertz CT molecular complexity index is 577. The second kappa shape index (κ2) is 9.07. The molecule has 1 aliphatic carbocycles. The van der Waals surface area contributed by atoms with Crippen LogP contribution in [0.2, 0.25) is 5.02 Å². The summed E-state index contributed by atoms with van der Waals surface area (Å²) in [5.41, 5.74) is 0.722. The van der Waals surface area contributed by atoms with Gasteiger partial charge in [0.2, 0.25) is 0 Å². The highest BCUT2D eigenvalue weighted by molar-refractivity contribution is 6.30. The Kier molecular flexibility index (Phi) is 7.44. The van der Waals surface area contributed by atoms with Crippen LogP contribution >= 0.6 is 11.6 Å². The Morgan fingerprint density at radius 2 is 1.61 bits per heavy atom. The minimum Gasteiger partial charge on any atom is -0.478 e. The summed E-state index contributed by atoms with van der Waals surface area (Å²) < 4.78 is 0. The van der Waals surface area contributed by atoms with E-state index in [-0.39, 0.29) is 11.8 Å². The average Bonchev–Trinajstić information content (AvgIpc) is 3.30. The van der Waals surface area contributed by atoms with Crippen molar-refractivity contribution in [3.05, 3.63) is 47.0 Å². The van der Waals surface area contributed by atoms with Crippen LogP contribution in [0.4, 0.5) is 0 Å². The van der Waals surface area contributed by atoms with Crippen molar-refractivity contribution >= 4 is 29.3 Å². The van der Waals surface area contributed by atoms with E-state index in [1.165, 1.54) is 12.8 Å². The van der Waals surface area contributed by atoms with Gasteiger partial charge in [0.1, 0.15) is 0 Å². The minimum atomic E-state index is -1.26. The number of carbonyl (C=O) groups excluding carboxylic acids is 1. The van der Waals surface area contributed by atoms with Crippen molar-refractivity contribution in [1.29, 1.82) is 0 Å². The largest absolute Gasteiger partial charge is 0.478 e. The van der Waals surface area contributed by atoms with Crippen LogP contribution in [-0.2, 0) is 9.59 Å². The monoisotopic (exact) mass is 339 g/mol. The molecule has 0 bridgehead atoms. The molecule has 0 saturated heterocycles. The molecule has 1 aromatic carbocycles. The number of benzene rings is 1. The third-order valence-corrected chi connectivity index (χ3v) is 3.21. The van der Waals surface area contributed by atoms with Crippen LogP contribution in [0.25, 0.3) is 0 Å². The third kappa shape index (κ3) is 8.13. The molecule has 0 amide bonds. The van der Waals surface area contributed by atoms with E-state index >= 15 is 0 Å². The number of ketones is 1. The number of carboxylic acid groups (broad SMARTS) is 2. The fourth-order valence-electron chi connectivity index (χ4n) is 1.69. The summed E-state index contributed by atoms with van der Waals surface area (Å²) in [6.07, 6.45) is 3.50. The highest BCUT2D eigenvalue weighted by Crippen LogP contribution is 2.20. The molecule has 1 fully saturated rings. The van der Waals surface area contributed by atoms with E-state index in [4.69, 9.17) is 21.8 Å². The van der Waals surface area contributed by atoms with Crippen LogP contribution in [0.15, 0.2) is 36.4 Å². The van der Waals surface area contributed by atoms with Gasteiger partial charge in [-0.1, -0.05) is 11.6 Å². The van der Waals surface area contributed by atoms with Gasteiger partial charge in [0.05, 0.1) is 6.04 Å². The number of halogens is 1. The van der Waals surface area contributed by atoms with Crippen molar-refractivity contribution < 1.29 is 24.6 Å². The SMILES string of the molecule is CC(NC1CC1)C(=O)c1ccc(Cl)cc1.O=C(O)/C=C/C(=O)O. The molecule has 0 heterocycles. The molecule has 23 heavy (non-hydrogen) atoms. The standard InChI is InChI=1S/C12H14ClNO.C4H4O4/c1-8(14-11-6-7-11)12(15)9-2-4-10(13)5-3-9;5-3(6)1-2-4(7)8/h2-5,8,11,14H,6-7H2,1H3;1-2H,(H,5,6)(H,7,8)/b;2-1+. The first-order valence-corrected chi connectivity index (χ1v) is 7.37. The number of carbonyl (C=O) groups is 3. The Morgan fingerprint density at radius 1 is 1.13 bits per heavy atom. The number of aliphatic carboxylic acids is 2. The molecule has 2 rings (SSSR count). The van der Waals surface area contributed by atoms with E-state index in [0.29, 0.717) is 23.2 Å². The van der Waals surface area contributed by atoms with Gasteiger partial charge in [-0.15, -0.1) is 0 Å². The summed E-state index contributed by atoms with van der Waals surface area (Å²) in [5.74, 6) is -2.38. The van der Waals surface area contributed by atoms with Gasteiger partial charge in [0.15, 0.2) is 5.78 Å². The van der Waals surface area contributed by atoms with Gasteiger partial charge >= 0.3 is 11.9 Å². The average molecular weight is 340 g/mol. The molecule has 1 aromatic rings. The molecule has 6 nitrogen and oxygen atoms in total. The molecule has 7 heteroatoms. The van der Waals surface area contributed by atoms with Gasteiger partial charge < -0.3 is 15.5 Å². The molecule has 1 aliphatic rings. The van der Waals surface area contributed by atoms with Crippen LogP contribution in [-0.4, -0.2) is 40.0 Å². The maximum atomic E-state index is 11.9. The highest BCUT2D eigenvalue weighted by Gasteiger charge is 2.25. The molecular weight excluding hydrogens is 322 g/mol. The topological polar surface area (TPSA) is 104 Å². The van der Waals surface area contributed by atoms with E-state index in [9.17, 15) is 14.4 Å². The molecular formula is C16H18ClNO5. The molecule has 0 aliphatic heterocycles. The molecule has 1 saturated carbocycles. The summed E-state index contributed by atoms with van der Waals surface area (Å²) in [5, 5.41) is 19.6. The molecule has 0 radical (unpaired) electrons. The van der Waals surface area contributed by atoms with Crippen molar-refractivity contribution in [2.75, 3.05) is 0 Å². The first kappa shape index (κ1) is 18.9. The lowest BCUT2D eigenvalue weighted by molar-refractivity contribution is -0.134. The second-order valence-electron chi connectivity index (χ2n) is 5.04. The Hall–Kier alpha value is -2.18. The van der Waals surface area contributed by atoms with Gasteiger partial charge in [-0.25, -0.2) is 9.59 Å². The Morgan fingerprint density at radius 3 is 2.00 bits per heavy atom.